The van der Waals surface area contributed by atoms with E-state index in [-0.39, 0.29) is 20.4 Å². The Morgan fingerprint density at radius 3 is 0.556 bits per heavy atom. The Morgan fingerprint density at radius 1 is 0.556 bits per heavy atom. The van der Waals surface area contributed by atoms with Gasteiger partial charge in [0.15, 0.2) is 0 Å². The van der Waals surface area contributed by atoms with Gasteiger partial charge in [-0.25, -0.2) is 0 Å². The van der Waals surface area contributed by atoms with Crippen molar-refractivity contribution in [2.45, 2.75) is 0 Å². The fourth-order valence-corrected chi connectivity index (χ4v) is 0. The van der Waals surface area contributed by atoms with Gasteiger partial charge in [0.25, 0.3) is 0 Å². The molecule has 0 amide bonds. The Kier molecular flexibility index (Phi) is 22.9. The van der Waals surface area contributed by atoms with Crippen molar-refractivity contribution in [2.75, 3.05) is 40.0 Å². The van der Waals surface area contributed by atoms with Crippen molar-refractivity contribution in [3.63, 3.8) is 0 Å². The molecule has 0 radical (unpaired) electrons. The molecule has 0 bridgehead atoms. The van der Waals surface area contributed by atoms with Crippen LogP contribution in [0.3, 0.4) is 0 Å². The van der Waals surface area contributed by atoms with Crippen LogP contribution in [0.25, 0.3) is 0 Å². The maximum Gasteiger partial charge on any atom is 0 e. The van der Waals surface area contributed by atoms with Gasteiger partial charge < -0.3 is 0 Å². The van der Waals surface area contributed by atoms with Gasteiger partial charge in [-0.3, -0.25) is 0 Å². The molecule has 0 spiro atoms. The zero-order chi connectivity index (χ0) is 7.15. The van der Waals surface area contributed by atoms with E-state index in [4.69, 9.17) is 0 Å². The van der Waals surface area contributed by atoms with Crippen molar-refractivity contribution < 1.29 is 20.4 Å². The van der Waals surface area contributed by atoms with E-state index in [9.17, 15) is 0 Å². The monoisotopic (exact) mass is 258 g/mol. The summed E-state index contributed by atoms with van der Waals surface area (Å²) in [6.07, 6.45) is 0. The van der Waals surface area contributed by atoms with Crippen molar-refractivity contribution >= 4 is 15.8 Å². The van der Waals surface area contributed by atoms with Crippen LogP contribution >= 0.6 is 15.8 Å². The van der Waals surface area contributed by atoms with E-state index in [0.717, 1.165) is 0 Å². The van der Waals surface area contributed by atoms with Gasteiger partial charge in [0.05, 0.1) is 0 Å². The average Bonchev–Trinajstić information content (AvgIpc) is 1.25. The molecule has 0 aliphatic carbocycles. The van der Waals surface area contributed by atoms with Crippen LogP contribution in [-0.4, -0.2) is 40.0 Å². The summed E-state index contributed by atoms with van der Waals surface area (Å²) in [5.41, 5.74) is 0. The van der Waals surface area contributed by atoms with Gasteiger partial charge in [-0.2, -0.15) is 0 Å². The fourth-order valence-electron chi connectivity index (χ4n) is 0. The summed E-state index contributed by atoms with van der Waals surface area (Å²) in [4.78, 5) is 0. The number of rotatable bonds is 0. The van der Waals surface area contributed by atoms with Gasteiger partial charge in [0.1, 0.15) is 0 Å². The first-order chi connectivity index (χ1) is 3.46. The van der Waals surface area contributed by atoms with Crippen molar-refractivity contribution in [3.8, 4) is 0 Å². The molecule has 9 heavy (non-hydrogen) atoms. The van der Waals surface area contributed by atoms with Gasteiger partial charge in [0, 0.05) is 20.4 Å². The van der Waals surface area contributed by atoms with E-state index >= 15 is 0 Å². The third kappa shape index (κ3) is 233. The number of hydrogen-bond acceptors (Lipinski definition) is 0. The maximum absolute atomic E-state index is 2.23. The molecule has 0 atom stereocenters. The van der Waals surface area contributed by atoms with Gasteiger partial charge >= 0.3 is 0 Å². The predicted molar refractivity (Wildman–Crippen MR) is 49.4 cm³/mol. The van der Waals surface area contributed by atoms with Gasteiger partial charge in [-0.1, -0.05) is 0 Å². The van der Waals surface area contributed by atoms with Gasteiger partial charge in [-0.15, -0.1) is 15.8 Å². The standard InChI is InChI=1S/2C3H9P.Pd/c2*1-4(2)3;/h2*1-3H3;. The van der Waals surface area contributed by atoms with Crippen LogP contribution in [0.15, 0.2) is 0 Å². The van der Waals surface area contributed by atoms with Crippen LogP contribution in [-0.2, 0) is 20.4 Å². The normalized spacial score (nSPS) is 8.00. The molecule has 0 aliphatic heterocycles. The SMILES string of the molecule is CP(C)C.CP(C)C.[Pd]. The first kappa shape index (κ1) is 16.9. The summed E-state index contributed by atoms with van der Waals surface area (Å²) >= 11 is 0. The Balaban J connectivity index is -0.0000000720. The van der Waals surface area contributed by atoms with Crippen LogP contribution in [0, 0.1) is 0 Å². The summed E-state index contributed by atoms with van der Waals surface area (Å²) in [5, 5.41) is 0. The van der Waals surface area contributed by atoms with Crippen molar-refractivity contribution in [1.82, 2.24) is 0 Å². The first-order valence-electron chi connectivity index (χ1n) is 2.68. The Bertz CT molecular complexity index is 26.5. The Labute approximate surface area is 76.3 Å². The Morgan fingerprint density at radius 2 is 0.556 bits per heavy atom. The van der Waals surface area contributed by atoms with Crippen LogP contribution in [0.5, 0.6) is 0 Å². The number of hydrogen-bond donors (Lipinski definition) is 0. The second-order valence-electron chi connectivity index (χ2n) is 2.68. The van der Waals surface area contributed by atoms with Gasteiger partial charge in [0.2, 0.25) is 0 Å². The van der Waals surface area contributed by atoms with Crippen LogP contribution in [0.1, 0.15) is 0 Å². The van der Waals surface area contributed by atoms with E-state index < -0.39 is 0 Å². The third-order valence-electron chi connectivity index (χ3n) is 0. The molecule has 0 aromatic rings. The van der Waals surface area contributed by atoms with Crippen molar-refractivity contribution in [1.29, 1.82) is 0 Å². The summed E-state index contributed by atoms with van der Waals surface area (Å²) < 4.78 is 0. The molecule has 0 heterocycles. The van der Waals surface area contributed by atoms with Crippen LogP contribution in [0.4, 0.5) is 0 Å². The third-order valence-corrected chi connectivity index (χ3v) is 0. The summed E-state index contributed by atoms with van der Waals surface area (Å²) in [6, 6.07) is 0. The minimum atomic E-state index is 0. The first-order valence-corrected chi connectivity index (χ1v) is 8.05. The zero-order valence-corrected chi connectivity index (χ0v) is 10.6. The second-order valence-corrected chi connectivity index (χ2v) is 8.05. The van der Waals surface area contributed by atoms with E-state index in [1.165, 1.54) is 0 Å². The fraction of sp³-hybridized carbons (Fsp3) is 1.00. The summed E-state index contributed by atoms with van der Waals surface area (Å²) in [5.74, 6) is 0. The van der Waals surface area contributed by atoms with E-state index in [1.54, 1.807) is 0 Å². The minimum Gasteiger partial charge on any atom is -0.116 e. The maximum atomic E-state index is 2.23. The van der Waals surface area contributed by atoms with Crippen LogP contribution < -0.4 is 0 Å². The van der Waals surface area contributed by atoms with E-state index in [2.05, 4.69) is 40.0 Å². The molecule has 0 saturated carbocycles. The molecular weight excluding hydrogens is 240 g/mol. The molecular formula is C6H18P2Pd. The molecule has 0 aromatic carbocycles. The van der Waals surface area contributed by atoms with Crippen molar-refractivity contribution in [2.24, 2.45) is 0 Å². The summed E-state index contributed by atoms with van der Waals surface area (Å²) in [6.45, 7) is 13.4. The molecule has 0 aromatic heterocycles. The van der Waals surface area contributed by atoms with Crippen molar-refractivity contribution in [3.05, 3.63) is 0 Å². The smallest absolute Gasteiger partial charge is 0 e. The molecule has 0 unspecified atom stereocenters. The topological polar surface area (TPSA) is 0 Å². The molecule has 62 valence electrons. The molecule has 0 aliphatic rings. The molecule has 0 N–H and O–H groups in total. The average molecular weight is 259 g/mol. The molecule has 0 nitrogen and oxygen atoms in total. The second kappa shape index (κ2) is 12.2. The molecule has 3 heteroatoms. The quantitative estimate of drug-likeness (QED) is 0.463. The largest absolute Gasteiger partial charge is 0.116 e. The van der Waals surface area contributed by atoms with Crippen LogP contribution in [0.2, 0.25) is 0 Å². The molecule has 0 fully saturated rings. The molecule has 0 rings (SSSR count). The molecule has 0 saturated heterocycles. The minimum absolute atomic E-state index is 0. The predicted octanol–water partition coefficient (Wildman–Crippen LogP) is 2.71. The van der Waals surface area contributed by atoms with E-state index in [1.807, 2.05) is 0 Å². The van der Waals surface area contributed by atoms with Gasteiger partial charge in [-0.05, 0) is 40.0 Å². The Hall–Kier alpha value is 1.52. The zero-order valence-electron chi connectivity index (χ0n) is 7.21. The summed E-state index contributed by atoms with van der Waals surface area (Å²) in [7, 11) is 0.759. The van der Waals surface area contributed by atoms with E-state index in [0.29, 0.717) is 15.8 Å².